The Labute approximate surface area is 154 Å². The average Bonchev–Trinajstić information content (AvgIpc) is 3.07. The zero-order chi connectivity index (χ0) is 18.7. The van der Waals surface area contributed by atoms with E-state index in [4.69, 9.17) is 9.47 Å². The van der Waals surface area contributed by atoms with E-state index < -0.39 is 5.60 Å². The number of hydrogen-bond acceptors (Lipinski definition) is 4. The van der Waals surface area contributed by atoms with Crippen molar-refractivity contribution in [2.45, 2.75) is 38.2 Å². The van der Waals surface area contributed by atoms with Crippen LogP contribution in [0.5, 0.6) is 11.5 Å². The summed E-state index contributed by atoms with van der Waals surface area (Å²) in [5.74, 6) is 2.48. The number of benzene rings is 1. The second-order valence-corrected chi connectivity index (χ2v) is 7.25. The third-order valence-electron chi connectivity index (χ3n) is 4.88. The highest BCUT2D eigenvalue weighted by Crippen LogP contribution is 2.32. The summed E-state index contributed by atoms with van der Waals surface area (Å²) in [7, 11) is 3.59. The topological polar surface area (TPSA) is 56.6 Å². The second kappa shape index (κ2) is 7.40. The summed E-state index contributed by atoms with van der Waals surface area (Å²) in [5, 5.41) is 0. The maximum absolute atomic E-state index is 13.2. The van der Waals surface area contributed by atoms with Crippen LogP contribution in [0.25, 0.3) is 0 Å². The molecule has 0 saturated carbocycles. The number of amides is 1. The summed E-state index contributed by atoms with van der Waals surface area (Å²) in [4.78, 5) is 19.5. The van der Waals surface area contributed by atoms with E-state index in [0.717, 1.165) is 25.2 Å². The fourth-order valence-corrected chi connectivity index (χ4v) is 3.55. The van der Waals surface area contributed by atoms with Crippen LogP contribution in [-0.2, 0) is 11.8 Å². The van der Waals surface area contributed by atoms with Crippen LogP contribution < -0.4 is 9.47 Å². The zero-order valence-electron chi connectivity index (χ0n) is 15.9. The molecule has 0 N–H and O–H groups in total. The molecule has 1 saturated heterocycles. The highest BCUT2D eigenvalue weighted by Gasteiger charge is 2.37. The van der Waals surface area contributed by atoms with Crippen LogP contribution in [0.15, 0.2) is 36.7 Å². The van der Waals surface area contributed by atoms with Gasteiger partial charge in [-0.1, -0.05) is 12.1 Å². The predicted molar refractivity (Wildman–Crippen MR) is 99.5 cm³/mol. The van der Waals surface area contributed by atoms with Crippen LogP contribution in [-0.4, -0.2) is 46.2 Å². The molecule has 1 aliphatic rings. The molecule has 2 heterocycles. The first kappa shape index (κ1) is 18.3. The molecule has 0 bridgehead atoms. The molecule has 1 aliphatic heterocycles. The number of carbonyl (C=O) groups excluding carboxylic acids is 1. The van der Waals surface area contributed by atoms with E-state index in [9.17, 15) is 4.79 Å². The van der Waals surface area contributed by atoms with Gasteiger partial charge in [0, 0.05) is 38.4 Å². The van der Waals surface area contributed by atoms with Gasteiger partial charge in [-0.25, -0.2) is 4.98 Å². The van der Waals surface area contributed by atoms with Gasteiger partial charge in [0.1, 0.15) is 5.82 Å². The van der Waals surface area contributed by atoms with Crippen LogP contribution >= 0.6 is 0 Å². The highest BCUT2D eigenvalue weighted by molar-refractivity contribution is 5.85. The number of imidazole rings is 1. The van der Waals surface area contributed by atoms with Crippen molar-refractivity contribution in [1.29, 1.82) is 0 Å². The minimum absolute atomic E-state index is 0.0117. The molecule has 0 aliphatic carbocycles. The molecule has 6 nitrogen and oxygen atoms in total. The molecule has 1 amide bonds. The SMILES string of the molecule is COc1ccccc1OC(C)(C)C(=O)N1CCC[C@@H](c2nccn2C)C1. The number of piperidine rings is 1. The number of methoxy groups -OCH3 is 1. The first-order chi connectivity index (χ1) is 12.4. The molecule has 1 aromatic heterocycles. The van der Waals surface area contributed by atoms with Crippen molar-refractivity contribution in [2.75, 3.05) is 20.2 Å². The van der Waals surface area contributed by atoms with E-state index in [1.165, 1.54) is 0 Å². The van der Waals surface area contributed by atoms with Crippen molar-refractivity contribution in [3.05, 3.63) is 42.5 Å². The Morgan fingerprint density at radius 1 is 1.27 bits per heavy atom. The number of hydrogen-bond donors (Lipinski definition) is 0. The summed E-state index contributed by atoms with van der Waals surface area (Å²) in [6.07, 6.45) is 5.77. The third kappa shape index (κ3) is 3.69. The number of rotatable bonds is 5. The number of ether oxygens (including phenoxy) is 2. The Balaban J connectivity index is 1.73. The largest absolute Gasteiger partial charge is 0.493 e. The fraction of sp³-hybridized carbons (Fsp3) is 0.500. The standard InChI is InChI=1S/C20H27N3O3/c1-20(2,26-17-10-6-5-9-16(17)25-4)19(24)23-12-7-8-15(14-23)18-21-11-13-22(18)3/h5-6,9-11,13,15H,7-8,12,14H2,1-4H3/t15-/m1/s1. The maximum atomic E-state index is 13.2. The fourth-order valence-electron chi connectivity index (χ4n) is 3.55. The number of para-hydroxylation sites is 2. The summed E-state index contributed by atoms with van der Waals surface area (Å²) in [6, 6.07) is 7.40. The van der Waals surface area contributed by atoms with Gasteiger partial charge in [-0.15, -0.1) is 0 Å². The van der Waals surface area contributed by atoms with Crippen molar-refractivity contribution < 1.29 is 14.3 Å². The molecule has 140 valence electrons. The van der Waals surface area contributed by atoms with E-state index in [-0.39, 0.29) is 11.8 Å². The summed E-state index contributed by atoms with van der Waals surface area (Å²) >= 11 is 0. The van der Waals surface area contributed by atoms with E-state index in [1.807, 2.05) is 67.0 Å². The Morgan fingerprint density at radius 2 is 2.00 bits per heavy atom. The summed E-state index contributed by atoms with van der Waals surface area (Å²) in [5.41, 5.74) is -0.974. The predicted octanol–water partition coefficient (Wildman–Crippen LogP) is 2.99. The van der Waals surface area contributed by atoms with Crippen molar-refractivity contribution >= 4 is 5.91 Å². The van der Waals surface area contributed by atoms with Crippen molar-refractivity contribution in [3.63, 3.8) is 0 Å². The quantitative estimate of drug-likeness (QED) is 0.825. The van der Waals surface area contributed by atoms with Gasteiger partial charge < -0.3 is 18.9 Å². The van der Waals surface area contributed by atoms with Gasteiger partial charge in [-0.05, 0) is 38.8 Å². The number of nitrogens with zero attached hydrogens (tertiary/aromatic N) is 3. The molecule has 26 heavy (non-hydrogen) atoms. The number of likely N-dealkylation sites (tertiary alicyclic amines) is 1. The highest BCUT2D eigenvalue weighted by atomic mass is 16.5. The van der Waals surface area contributed by atoms with Crippen molar-refractivity contribution in [2.24, 2.45) is 7.05 Å². The smallest absolute Gasteiger partial charge is 0.266 e. The average molecular weight is 357 g/mol. The molecule has 0 unspecified atom stereocenters. The molecule has 2 aromatic rings. The van der Waals surface area contributed by atoms with Crippen LogP contribution in [0, 0.1) is 0 Å². The number of carbonyl (C=O) groups is 1. The number of aromatic nitrogens is 2. The summed E-state index contributed by atoms with van der Waals surface area (Å²) < 4.78 is 13.4. The number of aryl methyl sites for hydroxylation is 1. The van der Waals surface area contributed by atoms with Crippen molar-refractivity contribution in [3.8, 4) is 11.5 Å². The summed E-state index contributed by atoms with van der Waals surface area (Å²) in [6.45, 7) is 5.04. The van der Waals surface area contributed by atoms with Gasteiger partial charge in [-0.2, -0.15) is 0 Å². The van der Waals surface area contributed by atoms with Gasteiger partial charge in [0.05, 0.1) is 7.11 Å². The lowest BCUT2D eigenvalue weighted by molar-refractivity contribution is -0.146. The molecule has 6 heteroatoms. The van der Waals surface area contributed by atoms with Gasteiger partial charge in [0.15, 0.2) is 17.1 Å². The minimum atomic E-state index is -0.974. The van der Waals surface area contributed by atoms with Gasteiger partial charge in [0.2, 0.25) is 0 Å². The molecule has 1 aromatic carbocycles. The maximum Gasteiger partial charge on any atom is 0.266 e. The Bertz CT molecular complexity index is 769. The van der Waals surface area contributed by atoms with E-state index >= 15 is 0 Å². The first-order valence-corrected chi connectivity index (χ1v) is 9.01. The van der Waals surface area contributed by atoms with E-state index in [2.05, 4.69) is 4.98 Å². The van der Waals surface area contributed by atoms with Crippen LogP contribution in [0.1, 0.15) is 38.4 Å². The molecule has 0 spiro atoms. The normalized spacial score (nSPS) is 17.8. The van der Waals surface area contributed by atoms with Gasteiger partial charge >= 0.3 is 0 Å². The molecule has 3 rings (SSSR count). The Hall–Kier alpha value is -2.50. The lowest BCUT2D eigenvalue weighted by Gasteiger charge is -2.37. The zero-order valence-corrected chi connectivity index (χ0v) is 15.9. The van der Waals surface area contributed by atoms with Crippen LogP contribution in [0.4, 0.5) is 0 Å². The monoisotopic (exact) mass is 357 g/mol. The molecule has 0 radical (unpaired) electrons. The Kier molecular flexibility index (Phi) is 5.20. The van der Waals surface area contributed by atoms with E-state index in [1.54, 1.807) is 7.11 Å². The lowest BCUT2D eigenvalue weighted by atomic mass is 9.95. The Morgan fingerprint density at radius 3 is 2.65 bits per heavy atom. The third-order valence-corrected chi connectivity index (χ3v) is 4.88. The van der Waals surface area contributed by atoms with Crippen LogP contribution in [0.2, 0.25) is 0 Å². The van der Waals surface area contributed by atoms with Gasteiger partial charge in [-0.3, -0.25) is 4.79 Å². The van der Waals surface area contributed by atoms with E-state index in [0.29, 0.717) is 18.0 Å². The molecule has 1 fully saturated rings. The van der Waals surface area contributed by atoms with Crippen molar-refractivity contribution in [1.82, 2.24) is 14.5 Å². The molecular weight excluding hydrogens is 330 g/mol. The lowest BCUT2D eigenvalue weighted by Crippen LogP contribution is -2.51. The molecule has 1 atom stereocenters. The minimum Gasteiger partial charge on any atom is -0.493 e. The first-order valence-electron chi connectivity index (χ1n) is 9.01. The van der Waals surface area contributed by atoms with Gasteiger partial charge in [0.25, 0.3) is 5.91 Å². The molecular formula is C20H27N3O3. The second-order valence-electron chi connectivity index (χ2n) is 7.25. The van der Waals surface area contributed by atoms with Crippen LogP contribution in [0.3, 0.4) is 0 Å².